The number of rotatable bonds is 5. The zero-order valence-electron chi connectivity index (χ0n) is 10.4. The molecule has 0 heterocycles. The van der Waals surface area contributed by atoms with Crippen LogP contribution in [0.1, 0.15) is 32.3 Å². The van der Waals surface area contributed by atoms with Gasteiger partial charge in [0.25, 0.3) is 0 Å². The molecular weight excluding hydrogens is 212 g/mol. The van der Waals surface area contributed by atoms with E-state index in [1.807, 2.05) is 31.2 Å². The van der Waals surface area contributed by atoms with E-state index in [4.69, 9.17) is 5.26 Å². The van der Waals surface area contributed by atoms with E-state index in [2.05, 4.69) is 18.3 Å². The number of hydrogen-bond acceptors (Lipinski definition) is 2. The lowest BCUT2D eigenvalue weighted by Crippen LogP contribution is -2.20. The highest BCUT2D eigenvalue weighted by molar-refractivity contribution is 5.92. The lowest BCUT2D eigenvalue weighted by molar-refractivity contribution is -0.119. The van der Waals surface area contributed by atoms with E-state index in [0.29, 0.717) is 6.42 Å². The average molecular weight is 230 g/mol. The minimum atomic E-state index is 0.0405. The monoisotopic (exact) mass is 230 g/mol. The highest BCUT2D eigenvalue weighted by Gasteiger charge is 2.11. The summed E-state index contributed by atoms with van der Waals surface area (Å²) in [5, 5.41) is 11.4. The number of nitrogens with zero attached hydrogens (tertiary/aromatic N) is 1. The first kappa shape index (κ1) is 13.2. The Balaban J connectivity index is 2.57. The molecule has 3 heteroatoms. The summed E-state index contributed by atoms with van der Waals surface area (Å²) >= 11 is 0. The largest absolute Gasteiger partial charge is 0.326 e. The lowest BCUT2D eigenvalue weighted by Gasteiger charge is -2.11. The number of amides is 1. The van der Waals surface area contributed by atoms with E-state index in [1.165, 1.54) is 0 Å². The van der Waals surface area contributed by atoms with Gasteiger partial charge in [-0.2, -0.15) is 5.26 Å². The molecule has 0 aliphatic rings. The van der Waals surface area contributed by atoms with Gasteiger partial charge in [-0.05, 0) is 24.1 Å². The second kappa shape index (κ2) is 6.70. The Labute approximate surface area is 102 Å². The van der Waals surface area contributed by atoms with Crippen molar-refractivity contribution in [2.24, 2.45) is 5.92 Å². The minimum absolute atomic E-state index is 0.0405. The van der Waals surface area contributed by atoms with Crippen molar-refractivity contribution in [3.05, 3.63) is 29.8 Å². The Morgan fingerprint density at radius 1 is 1.41 bits per heavy atom. The normalized spacial score (nSPS) is 11.6. The Kier molecular flexibility index (Phi) is 5.22. The van der Waals surface area contributed by atoms with E-state index in [1.54, 1.807) is 0 Å². The molecule has 0 fully saturated rings. The summed E-state index contributed by atoms with van der Waals surface area (Å²) in [5.41, 5.74) is 1.76. The molecule has 0 spiro atoms. The molecule has 1 amide bonds. The van der Waals surface area contributed by atoms with Crippen molar-refractivity contribution in [1.29, 1.82) is 5.26 Å². The molecule has 17 heavy (non-hydrogen) atoms. The first-order chi connectivity index (χ1) is 8.17. The van der Waals surface area contributed by atoms with Gasteiger partial charge in [0.2, 0.25) is 5.91 Å². The third-order valence-corrected chi connectivity index (χ3v) is 2.67. The van der Waals surface area contributed by atoms with Crippen LogP contribution in [0.3, 0.4) is 0 Å². The number of carbonyl (C=O) groups excluding carboxylic acids is 1. The molecule has 1 atom stereocenters. The maximum Gasteiger partial charge on any atom is 0.227 e. The molecule has 3 nitrogen and oxygen atoms in total. The molecule has 0 saturated carbocycles. The summed E-state index contributed by atoms with van der Waals surface area (Å²) in [5.74, 6) is 0.0960. The van der Waals surface area contributed by atoms with Crippen molar-refractivity contribution in [3.63, 3.8) is 0 Å². The number of carbonyl (C=O) groups is 1. The zero-order chi connectivity index (χ0) is 12.7. The fourth-order valence-electron chi connectivity index (χ4n) is 1.63. The van der Waals surface area contributed by atoms with Crippen LogP contribution in [0.25, 0.3) is 0 Å². The van der Waals surface area contributed by atoms with Crippen LogP contribution in [-0.4, -0.2) is 5.91 Å². The smallest absolute Gasteiger partial charge is 0.227 e. The fourth-order valence-corrected chi connectivity index (χ4v) is 1.63. The molecule has 1 aromatic carbocycles. The van der Waals surface area contributed by atoms with Crippen LogP contribution >= 0.6 is 0 Å². The maximum atomic E-state index is 11.7. The Bertz CT molecular complexity index is 403. The fraction of sp³-hybridized carbons (Fsp3) is 0.429. The van der Waals surface area contributed by atoms with E-state index in [0.717, 1.165) is 24.1 Å². The van der Waals surface area contributed by atoms with Crippen LogP contribution in [0.2, 0.25) is 0 Å². The summed E-state index contributed by atoms with van der Waals surface area (Å²) in [7, 11) is 0. The van der Waals surface area contributed by atoms with E-state index in [-0.39, 0.29) is 11.8 Å². The molecule has 0 aliphatic carbocycles. The standard InChI is InChI=1S/C14H18N2O/c1-3-4-11(2)14(17)16-13-7-5-12(6-8-13)9-10-15/h5-8,11H,3-4,9H2,1-2H3,(H,16,17). The Morgan fingerprint density at radius 2 is 2.06 bits per heavy atom. The molecule has 0 saturated heterocycles. The van der Waals surface area contributed by atoms with Gasteiger partial charge in [-0.25, -0.2) is 0 Å². The van der Waals surface area contributed by atoms with Crippen LogP contribution in [0, 0.1) is 17.2 Å². The molecule has 1 unspecified atom stereocenters. The molecule has 0 bridgehead atoms. The molecule has 1 aromatic rings. The van der Waals surface area contributed by atoms with Crippen LogP contribution < -0.4 is 5.32 Å². The van der Waals surface area contributed by atoms with Gasteiger partial charge in [-0.15, -0.1) is 0 Å². The summed E-state index contributed by atoms with van der Waals surface area (Å²) < 4.78 is 0. The van der Waals surface area contributed by atoms with Crippen molar-refractivity contribution in [2.75, 3.05) is 5.32 Å². The predicted octanol–water partition coefficient (Wildman–Crippen LogP) is 3.13. The van der Waals surface area contributed by atoms with E-state index < -0.39 is 0 Å². The molecule has 90 valence electrons. The number of nitriles is 1. The van der Waals surface area contributed by atoms with Crippen LogP contribution in [0.5, 0.6) is 0 Å². The SMILES string of the molecule is CCCC(C)C(=O)Nc1ccc(CC#N)cc1. The summed E-state index contributed by atoms with van der Waals surface area (Å²) in [6.45, 7) is 4.00. The van der Waals surface area contributed by atoms with Crippen molar-refractivity contribution in [3.8, 4) is 6.07 Å². The van der Waals surface area contributed by atoms with Crippen molar-refractivity contribution >= 4 is 11.6 Å². The predicted molar refractivity (Wildman–Crippen MR) is 68.5 cm³/mol. The summed E-state index contributed by atoms with van der Waals surface area (Å²) in [4.78, 5) is 11.7. The maximum absolute atomic E-state index is 11.7. The number of anilines is 1. The van der Waals surface area contributed by atoms with Crippen LogP contribution in [-0.2, 0) is 11.2 Å². The second-order valence-electron chi connectivity index (χ2n) is 4.21. The second-order valence-corrected chi connectivity index (χ2v) is 4.21. The third kappa shape index (κ3) is 4.28. The number of benzene rings is 1. The van der Waals surface area contributed by atoms with Gasteiger partial charge in [0, 0.05) is 11.6 Å². The van der Waals surface area contributed by atoms with Crippen LogP contribution in [0.15, 0.2) is 24.3 Å². The number of hydrogen-bond donors (Lipinski definition) is 1. The van der Waals surface area contributed by atoms with Gasteiger partial charge in [0.15, 0.2) is 0 Å². The third-order valence-electron chi connectivity index (χ3n) is 2.67. The molecule has 1 rings (SSSR count). The Hall–Kier alpha value is -1.82. The van der Waals surface area contributed by atoms with Crippen molar-refractivity contribution < 1.29 is 4.79 Å². The van der Waals surface area contributed by atoms with Gasteiger partial charge in [-0.3, -0.25) is 4.79 Å². The van der Waals surface area contributed by atoms with Crippen molar-refractivity contribution in [1.82, 2.24) is 0 Å². The highest BCUT2D eigenvalue weighted by Crippen LogP contribution is 2.13. The average Bonchev–Trinajstić information content (AvgIpc) is 2.32. The molecule has 0 aromatic heterocycles. The van der Waals surface area contributed by atoms with Crippen LogP contribution in [0.4, 0.5) is 5.69 Å². The van der Waals surface area contributed by atoms with Gasteiger partial charge >= 0.3 is 0 Å². The first-order valence-corrected chi connectivity index (χ1v) is 5.94. The van der Waals surface area contributed by atoms with Gasteiger partial charge in [-0.1, -0.05) is 32.4 Å². The Morgan fingerprint density at radius 3 is 2.59 bits per heavy atom. The molecule has 0 aliphatic heterocycles. The summed E-state index contributed by atoms with van der Waals surface area (Å²) in [6.07, 6.45) is 2.31. The van der Waals surface area contributed by atoms with Gasteiger partial charge < -0.3 is 5.32 Å². The molecule has 1 N–H and O–H groups in total. The van der Waals surface area contributed by atoms with Crippen molar-refractivity contribution in [2.45, 2.75) is 33.1 Å². The minimum Gasteiger partial charge on any atom is -0.326 e. The molecular formula is C14H18N2O. The highest BCUT2D eigenvalue weighted by atomic mass is 16.1. The topological polar surface area (TPSA) is 52.9 Å². The summed E-state index contributed by atoms with van der Waals surface area (Å²) in [6, 6.07) is 9.49. The quantitative estimate of drug-likeness (QED) is 0.844. The number of nitrogens with one attached hydrogen (secondary N) is 1. The van der Waals surface area contributed by atoms with E-state index in [9.17, 15) is 4.79 Å². The zero-order valence-corrected chi connectivity index (χ0v) is 10.4. The van der Waals surface area contributed by atoms with E-state index >= 15 is 0 Å². The molecule has 0 radical (unpaired) electrons. The van der Waals surface area contributed by atoms with Gasteiger partial charge in [0.1, 0.15) is 0 Å². The lowest BCUT2D eigenvalue weighted by atomic mass is 10.1. The van der Waals surface area contributed by atoms with Gasteiger partial charge in [0.05, 0.1) is 12.5 Å². The first-order valence-electron chi connectivity index (χ1n) is 5.94.